The van der Waals surface area contributed by atoms with Gasteiger partial charge in [0, 0.05) is 25.2 Å². The molecule has 52 heavy (non-hydrogen) atoms. The molecule has 0 amide bonds. The van der Waals surface area contributed by atoms with Gasteiger partial charge in [0.15, 0.2) is 23.0 Å². The van der Waals surface area contributed by atoms with Gasteiger partial charge in [-0.2, -0.15) is 0 Å². The lowest BCUT2D eigenvalue weighted by atomic mass is 9.91. The molecule has 8 atom stereocenters. The smallest absolute Gasteiger partial charge is 0.161 e. The molecule has 3 saturated heterocycles. The predicted molar refractivity (Wildman–Crippen MR) is 204 cm³/mol. The minimum absolute atomic E-state index is 0.0425. The Kier molecular flexibility index (Phi) is 15.8. The van der Waals surface area contributed by atoms with Gasteiger partial charge in [-0.15, -0.1) is 0 Å². The van der Waals surface area contributed by atoms with E-state index in [1.54, 1.807) is 28.4 Å². The van der Waals surface area contributed by atoms with Gasteiger partial charge in [-0.3, -0.25) is 9.80 Å². The van der Waals surface area contributed by atoms with Crippen LogP contribution in [0.15, 0.2) is 36.4 Å². The van der Waals surface area contributed by atoms with E-state index < -0.39 is 6.10 Å². The minimum Gasteiger partial charge on any atom is -0.493 e. The zero-order valence-electron chi connectivity index (χ0n) is 32.6. The molecule has 2 aromatic carbocycles. The molecule has 2 saturated carbocycles. The molecule has 292 valence electrons. The largest absolute Gasteiger partial charge is 0.493 e. The third-order valence-electron chi connectivity index (χ3n) is 11.6. The fourth-order valence-electron chi connectivity index (χ4n) is 8.41. The number of nitrogens with zero attached hydrogens (tertiary/aromatic N) is 2. The number of epoxide rings is 1. The van der Waals surface area contributed by atoms with E-state index in [1.807, 2.05) is 36.4 Å². The van der Waals surface area contributed by atoms with Crippen LogP contribution in [0.3, 0.4) is 0 Å². The summed E-state index contributed by atoms with van der Waals surface area (Å²) in [4.78, 5) is 5.12. The third-order valence-corrected chi connectivity index (χ3v) is 11.6. The molecule has 2 aliphatic carbocycles. The van der Waals surface area contributed by atoms with Gasteiger partial charge in [0.1, 0.15) is 12.2 Å². The Labute approximate surface area is 312 Å². The van der Waals surface area contributed by atoms with E-state index in [9.17, 15) is 10.2 Å². The molecular formula is C42H66N2O8. The number of benzene rings is 2. The Morgan fingerprint density at radius 1 is 0.692 bits per heavy atom. The van der Waals surface area contributed by atoms with E-state index in [2.05, 4.69) is 23.6 Å². The number of likely N-dealkylation sites (tertiary alicyclic amines) is 2. The maximum atomic E-state index is 10.6. The van der Waals surface area contributed by atoms with Gasteiger partial charge in [0.05, 0.1) is 53.9 Å². The van der Waals surface area contributed by atoms with Crippen LogP contribution in [-0.4, -0.2) is 112 Å². The molecule has 0 aromatic heterocycles. The van der Waals surface area contributed by atoms with E-state index in [0.29, 0.717) is 30.2 Å². The summed E-state index contributed by atoms with van der Waals surface area (Å²) in [6, 6.07) is 12.4. The van der Waals surface area contributed by atoms with Crippen molar-refractivity contribution in [3.8, 4) is 23.0 Å². The molecule has 0 radical (unpaired) electrons. The van der Waals surface area contributed by atoms with Crippen molar-refractivity contribution in [1.82, 2.24) is 9.80 Å². The zero-order valence-corrected chi connectivity index (χ0v) is 32.6. The number of methoxy groups -OCH3 is 4. The molecule has 5 aliphatic rings. The van der Waals surface area contributed by atoms with Crippen LogP contribution < -0.4 is 18.9 Å². The number of aliphatic hydroxyl groups is 2. The fourth-order valence-corrected chi connectivity index (χ4v) is 8.41. The summed E-state index contributed by atoms with van der Waals surface area (Å²) in [5.74, 6) is 4.44. The molecule has 0 spiro atoms. The second-order valence-electron chi connectivity index (χ2n) is 15.5. The summed E-state index contributed by atoms with van der Waals surface area (Å²) in [5, 5.41) is 20.5. The topological polar surface area (TPSA) is 106 Å². The number of rotatable bonds is 11. The standard InChI is InChI=1S/C21H33NO4.C11H21NO.C10H12O3/c1-15-10-11-22(13-15)17-6-4-5-7-19(17)26-14-18(23)16-8-9-20(24-2)21(12-16)25-3;1-9-6-7-12(8-9)10-4-2-3-5-11(10)13;1-11-8-4-3-7(10-6-13-10)5-9(8)12-2/h8-9,12,15,17-19,23H,4-7,10-11,13-14H2,1-3H3;9-11,13H,2-8H2,1H3;3-5,10H,6H2,1-2H3/t15-,17?,18?,19?;9-,10?,11?;/m11./s1. The van der Waals surface area contributed by atoms with Crippen molar-refractivity contribution >= 4 is 0 Å². The first-order valence-corrected chi connectivity index (χ1v) is 19.8. The lowest BCUT2D eigenvalue weighted by Crippen LogP contribution is -2.46. The summed E-state index contributed by atoms with van der Waals surface area (Å²) in [7, 11) is 6.48. The van der Waals surface area contributed by atoms with Crippen LogP contribution in [-0.2, 0) is 9.47 Å². The molecule has 10 heteroatoms. The van der Waals surface area contributed by atoms with Crippen molar-refractivity contribution in [3.63, 3.8) is 0 Å². The number of ether oxygens (including phenoxy) is 6. The van der Waals surface area contributed by atoms with Gasteiger partial charge >= 0.3 is 0 Å². The van der Waals surface area contributed by atoms with Crippen molar-refractivity contribution in [2.24, 2.45) is 11.8 Å². The number of hydrogen-bond acceptors (Lipinski definition) is 10. The monoisotopic (exact) mass is 726 g/mol. The maximum Gasteiger partial charge on any atom is 0.161 e. The quantitative estimate of drug-likeness (QED) is 0.240. The first kappa shape index (κ1) is 40.6. The Bertz CT molecular complexity index is 1360. The Hall–Kier alpha value is -2.60. The average molecular weight is 727 g/mol. The maximum absolute atomic E-state index is 10.6. The van der Waals surface area contributed by atoms with E-state index in [1.165, 1.54) is 77.5 Å². The first-order chi connectivity index (χ1) is 25.2. The average Bonchev–Trinajstić information content (AvgIpc) is 3.80. The van der Waals surface area contributed by atoms with E-state index in [0.717, 1.165) is 53.9 Å². The molecular weight excluding hydrogens is 660 g/mol. The zero-order chi connectivity index (χ0) is 37.0. The van der Waals surface area contributed by atoms with Crippen LogP contribution in [0.25, 0.3) is 0 Å². The fraction of sp³-hybridized carbons (Fsp3) is 0.714. The van der Waals surface area contributed by atoms with E-state index in [4.69, 9.17) is 28.4 Å². The minimum atomic E-state index is -0.658. The molecule has 0 bridgehead atoms. The van der Waals surface area contributed by atoms with E-state index in [-0.39, 0.29) is 18.3 Å². The second kappa shape index (κ2) is 20.2. The third kappa shape index (κ3) is 11.2. The van der Waals surface area contributed by atoms with Gasteiger partial charge in [0.2, 0.25) is 0 Å². The highest BCUT2D eigenvalue weighted by molar-refractivity contribution is 5.44. The molecule has 5 fully saturated rings. The molecule has 2 aromatic rings. The highest BCUT2D eigenvalue weighted by Gasteiger charge is 2.35. The number of hydrogen-bond donors (Lipinski definition) is 2. The first-order valence-electron chi connectivity index (χ1n) is 19.8. The van der Waals surface area contributed by atoms with Crippen molar-refractivity contribution in [3.05, 3.63) is 47.5 Å². The Morgan fingerprint density at radius 2 is 1.23 bits per heavy atom. The highest BCUT2D eigenvalue weighted by atomic mass is 16.6. The van der Waals surface area contributed by atoms with Gasteiger partial charge in [-0.25, -0.2) is 0 Å². The van der Waals surface area contributed by atoms with Gasteiger partial charge < -0.3 is 38.6 Å². The Balaban J connectivity index is 0.000000168. The summed E-state index contributed by atoms with van der Waals surface area (Å²) in [6.45, 7) is 10.6. The molecule has 7 rings (SSSR count). The van der Waals surface area contributed by atoms with Crippen LogP contribution in [0, 0.1) is 11.8 Å². The van der Waals surface area contributed by atoms with Gasteiger partial charge in [-0.05, 0) is 98.8 Å². The molecule has 3 aliphatic heterocycles. The SMILES string of the molecule is COc1ccc(C(O)COC2CCCCC2N2CC[C@@H](C)C2)cc1OC.COc1ccc(C2CO2)cc1OC.C[C@@H]1CCN(C2CCCCC2O)C1. The second-order valence-corrected chi connectivity index (χ2v) is 15.5. The molecule has 2 N–H and O–H groups in total. The van der Waals surface area contributed by atoms with Crippen LogP contribution in [0.4, 0.5) is 0 Å². The van der Waals surface area contributed by atoms with Gasteiger partial charge in [-0.1, -0.05) is 51.7 Å². The number of aliphatic hydroxyl groups excluding tert-OH is 2. The predicted octanol–water partition coefficient (Wildman–Crippen LogP) is 6.81. The van der Waals surface area contributed by atoms with Crippen LogP contribution >= 0.6 is 0 Å². The summed E-state index contributed by atoms with van der Waals surface area (Å²) >= 11 is 0. The summed E-state index contributed by atoms with van der Waals surface area (Å²) in [6.07, 6.45) is 12.0. The Morgan fingerprint density at radius 3 is 1.79 bits per heavy atom. The van der Waals surface area contributed by atoms with Gasteiger partial charge in [0.25, 0.3) is 0 Å². The lowest BCUT2D eigenvalue weighted by Gasteiger charge is -2.38. The summed E-state index contributed by atoms with van der Waals surface area (Å²) in [5.41, 5.74) is 1.95. The summed E-state index contributed by atoms with van der Waals surface area (Å²) < 4.78 is 32.3. The lowest BCUT2D eigenvalue weighted by molar-refractivity contribution is -0.0628. The molecule has 3 heterocycles. The van der Waals surface area contributed by atoms with Crippen molar-refractivity contribution < 1.29 is 38.6 Å². The highest BCUT2D eigenvalue weighted by Crippen LogP contribution is 2.36. The molecule has 6 unspecified atom stereocenters. The van der Waals surface area contributed by atoms with Crippen molar-refractivity contribution in [1.29, 1.82) is 0 Å². The van der Waals surface area contributed by atoms with Crippen LogP contribution in [0.1, 0.15) is 101 Å². The molecule has 10 nitrogen and oxygen atoms in total. The van der Waals surface area contributed by atoms with Crippen molar-refractivity contribution in [2.45, 2.75) is 115 Å². The van der Waals surface area contributed by atoms with Crippen LogP contribution in [0.2, 0.25) is 0 Å². The van der Waals surface area contributed by atoms with Crippen molar-refractivity contribution in [2.75, 3.05) is 67.8 Å². The van der Waals surface area contributed by atoms with E-state index >= 15 is 0 Å². The van der Waals surface area contributed by atoms with Crippen LogP contribution in [0.5, 0.6) is 23.0 Å². The normalized spacial score (nSPS) is 29.6.